The minimum Gasteiger partial charge on any atom is -0.484 e. The van der Waals surface area contributed by atoms with E-state index in [1.54, 1.807) is 12.1 Å². The van der Waals surface area contributed by atoms with Crippen molar-refractivity contribution in [2.45, 2.75) is 18.7 Å². The highest BCUT2D eigenvalue weighted by molar-refractivity contribution is 7.89. The number of para-hydroxylation sites is 1. The number of hydrogen-bond donors (Lipinski definition) is 1. The van der Waals surface area contributed by atoms with Crippen LogP contribution in [0.5, 0.6) is 5.75 Å². The number of sulfonamides is 1. The van der Waals surface area contributed by atoms with Crippen molar-refractivity contribution in [2.24, 2.45) is 0 Å². The van der Waals surface area contributed by atoms with E-state index < -0.39 is 10.0 Å². The van der Waals surface area contributed by atoms with Gasteiger partial charge in [-0.2, -0.15) is 4.31 Å². The lowest BCUT2D eigenvalue weighted by Crippen LogP contribution is -2.50. The van der Waals surface area contributed by atoms with Crippen LogP contribution >= 0.6 is 12.4 Å². The smallest absolute Gasteiger partial charge is 0.257 e. The fraction of sp³-hybridized carbons (Fsp3) is 0.409. The second kappa shape index (κ2) is 11.5. The molecule has 2 aromatic carbocycles. The third kappa shape index (κ3) is 6.93. The number of nitrogens with one attached hydrogen (secondary N) is 1. The summed E-state index contributed by atoms with van der Waals surface area (Å²) in [6.07, 6.45) is 0. The lowest BCUT2D eigenvalue weighted by atomic mass is 10.2. The highest BCUT2D eigenvalue weighted by Gasteiger charge is 2.28. The van der Waals surface area contributed by atoms with Gasteiger partial charge in [-0.3, -0.25) is 9.69 Å². The van der Waals surface area contributed by atoms with E-state index in [-0.39, 0.29) is 24.9 Å². The van der Waals surface area contributed by atoms with E-state index in [0.717, 1.165) is 11.1 Å². The van der Waals surface area contributed by atoms with Crippen molar-refractivity contribution in [3.8, 4) is 5.75 Å². The Hall–Kier alpha value is -2.13. The van der Waals surface area contributed by atoms with Gasteiger partial charge in [0.15, 0.2) is 6.61 Å². The molecule has 0 aliphatic carbocycles. The molecule has 0 atom stereocenters. The molecule has 0 unspecified atom stereocenters. The van der Waals surface area contributed by atoms with Crippen molar-refractivity contribution in [1.29, 1.82) is 0 Å². The molecule has 9 heteroatoms. The van der Waals surface area contributed by atoms with E-state index in [2.05, 4.69) is 10.2 Å². The minimum atomic E-state index is -3.45. The molecule has 7 nitrogen and oxygen atoms in total. The minimum absolute atomic E-state index is 0. The number of piperazine rings is 1. The Morgan fingerprint density at radius 3 is 2.29 bits per heavy atom. The summed E-state index contributed by atoms with van der Waals surface area (Å²) in [7, 11) is -3.45. The molecule has 1 saturated heterocycles. The molecular formula is C22H30ClN3O4S. The van der Waals surface area contributed by atoms with Crippen LogP contribution < -0.4 is 10.1 Å². The van der Waals surface area contributed by atoms with Gasteiger partial charge in [0.2, 0.25) is 10.0 Å². The van der Waals surface area contributed by atoms with Gasteiger partial charge in [0, 0.05) is 39.3 Å². The molecule has 3 rings (SSSR count). The summed E-state index contributed by atoms with van der Waals surface area (Å²) in [5, 5.41) is 2.85. The number of hydrogen-bond acceptors (Lipinski definition) is 5. The first-order chi connectivity index (χ1) is 14.4. The SMILES string of the molecule is Cc1ccc(S(=O)(=O)N2CCN(CCNC(=O)COc3ccccc3C)CC2)cc1.Cl. The normalized spacial score (nSPS) is 15.2. The molecule has 0 bridgehead atoms. The second-order valence-corrected chi connectivity index (χ2v) is 9.40. The van der Waals surface area contributed by atoms with Crippen molar-refractivity contribution in [3.05, 3.63) is 59.7 Å². The van der Waals surface area contributed by atoms with Crippen LogP contribution in [0, 0.1) is 13.8 Å². The van der Waals surface area contributed by atoms with Gasteiger partial charge < -0.3 is 10.1 Å². The number of benzene rings is 2. The first-order valence-electron chi connectivity index (χ1n) is 10.1. The lowest BCUT2D eigenvalue weighted by Gasteiger charge is -2.34. The number of carbonyl (C=O) groups excluding carboxylic acids is 1. The number of rotatable bonds is 8. The molecule has 2 aromatic rings. The van der Waals surface area contributed by atoms with Gasteiger partial charge >= 0.3 is 0 Å². The van der Waals surface area contributed by atoms with Gasteiger partial charge in [-0.15, -0.1) is 12.4 Å². The van der Waals surface area contributed by atoms with Crippen LogP contribution in [-0.2, 0) is 14.8 Å². The van der Waals surface area contributed by atoms with Crippen molar-refractivity contribution >= 4 is 28.3 Å². The van der Waals surface area contributed by atoms with E-state index >= 15 is 0 Å². The summed E-state index contributed by atoms with van der Waals surface area (Å²) in [4.78, 5) is 14.5. The molecule has 1 N–H and O–H groups in total. The van der Waals surface area contributed by atoms with Crippen LogP contribution in [0.25, 0.3) is 0 Å². The van der Waals surface area contributed by atoms with Gasteiger partial charge in [-0.05, 0) is 37.6 Å². The maximum absolute atomic E-state index is 12.8. The summed E-state index contributed by atoms with van der Waals surface area (Å²) in [5.74, 6) is 0.539. The Labute approximate surface area is 190 Å². The van der Waals surface area contributed by atoms with Gasteiger partial charge in [-0.1, -0.05) is 35.9 Å². The van der Waals surface area contributed by atoms with Crippen LogP contribution in [0.1, 0.15) is 11.1 Å². The largest absolute Gasteiger partial charge is 0.484 e. The zero-order valence-electron chi connectivity index (χ0n) is 17.9. The number of amides is 1. The molecule has 0 radical (unpaired) electrons. The number of carbonyl (C=O) groups is 1. The third-order valence-electron chi connectivity index (χ3n) is 5.19. The quantitative estimate of drug-likeness (QED) is 0.644. The van der Waals surface area contributed by atoms with Crippen LogP contribution in [0.4, 0.5) is 0 Å². The average molecular weight is 468 g/mol. The van der Waals surface area contributed by atoms with Crippen molar-refractivity contribution < 1.29 is 17.9 Å². The number of halogens is 1. The van der Waals surface area contributed by atoms with Gasteiger partial charge in [0.25, 0.3) is 5.91 Å². The Bertz CT molecular complexity index is 959. The fourth-order valence-electron chi connectivity index (χ4n) is 3.32. The summed E-state index contributed by atoms with van der Waals surface area (Å²) in [5.41, 5.74) is 2.02. The Morgan fingerprint density at radius 2 is 1.65 bits per heavy atom. The highest BCUT2D eigenvalue weighted by Crippen LogP contribution is 2.18. The van der Waals surface area contributed by atoms with Gasteiger partial charge in [-0.25, -0.2) is 8.42 Å². The molecule has 1 fully saturated rings. The predicted molar refractivity (Wildman–Crippen MR) is 123 cm³/mol. The molecule has 1 heterocycles. The molecule has 1 amide bonds. The van der Waals surface area contributed by atoms with Gasteiger partial charge in [0.05, 0.1) is 4.90 Å². The van der Waals surface area contributed by atoms with Gasteiger partial charge in [0.1, 0.15) is 5.75 Å². The first kappa shape index (κ1) is 25.1. The highest BCUT2D eigenvalue weighted by atomic mass is 35.5. The topological polar surface area (TPSA) is 79.0 Å². The van der Waals surface area contributed by atoms with Crippen LogP contribution in [-0.4, -0.2) is 69.4 Å². The zero-order valence-corrected chi connectivity index (χ0v) is 19.5. The molecule has 170 valence electrons. The second-order valence-electron chi connectivity index (χ2n) is 7.46. The first-order valence-corrected chi connectivity index (χ1v) is 11.5. The Morgan fingerprint density at radius 1 is 1.00 bits per heavy atom. The molecular weight excluding hydrogens is 438 g/mol. The van der Waals surface area contributed by atoms with Crippen molar-refractivity contribution in [3.63, 3.8) is 0 Å². The number of aryl methyl sites for hydroxylation is 2. The molecule has 31 heavy (non-hydrogen) atoms. The molecule has 0 spiro atoms. The summed E-state index contributed by atoms with van der Waals surface area (Å²) in [6.45, 7) is 7.19. The molecule has 1 aliphatic heterocycles. The molecule has 0 aromatic heterocycles. The lowest BCUT2D eigenvalue weighted by molar-refractivity contribution is -0.123. The predicted octanol–water partition coefficient (Wildman–Crippen LogP) is 2.23. The summed E-state index contributed by atoms with van der Waals surface area (Å²) in [6, 6.07) is 14.5. The van der Waals surface area contributed by atoms with E-state index in [1.807, 2.05) is 50.2 Å². The Balaban J connectivity index is 0.00000341. The fourth-order valence-corrected chi connectivity index (χ4v) is 4.74. The van der Waals surface area contributed by atoms with E-state index in [0.29, 0.717) is 49.9 Å². The van der Waals surface area contributed by atoms with Crippen molar-refractivity contribution in [2.75, 3.05) is 45.9 Å². The van der Waals surface area contributed by atoms with Crippen LogP contribution in [0.15, 0.2) is 53.4 Å². The Kier molecular flexibility index (Phi) is 9.31. The zero-order chi connectivity index (χ0) is 21.6. The standard InChI is InChI=1S/C22H29N3O4S.ClH/c1-18-7-9-20(10-8-18)30(27,28)25-15-13-24(14-16-25)12-11-23-22(26)17-29-21-6-4-3-5-19(21)2;/h3-10H,11-17H2,1-2H3,(H,23,26);1H. The van der Waals surface area contributed by atoms with E-state index in [1.165, 1.54) is 4.31 Å². The monoisotopic (exact) mass is 467 g/mol. The van der Waals surface area contributed by atoms with E-state index in [9.17, 15) is 13.2 Å². The number of nitrogens with zero attached hydrogens (tertiary/aromatic N) is 2. The summed E-state index contributed by atoms with van der Waals surface area (Å²) >= 11 is 0. The third-order valence-corrected chi connectivity index (χ3v) is 7.11. The average Bonchev–Trinajstić information content (AvgIpc) is 2.74. The van der Waals surface area contributed by atoms with E-state index in [4.69, 9.17) is 4.74 Å². The molecule has 1 aliphatic rings. The maximum atomic E-state index is 12.8. The summed E-state index contributed by atoms with van der Waals surface area (Å²) < 4.78 is 32.6. The maximum Gasteiger partial charge on any atom is 0.257 e. The number of ether oxygens (including phenoxy) is 1. The van der Waals surface area contributed by atoms with Crippen molar-refractivity contribution in [1.82, 2.24) is 14.5 Å². The van der Waals surface area contributed by atoms with Crippen LogP contribution in [0.3, 0.4) is 0 Å². The van der Waals surface area contributed by atoms with Crippen LogP contribution in [0.2, 0.25) is 0 Å². The molecule has 0 saturated carbocycles.